The molecule has 0 aliphatic carbocycles. The normalized spacial score (nSPS) is 11.1. The van der Waals surface area contributed by atoms with Gasteiger partial charge >= 0.3 is 0 Å². The molecule has 0 heterocycles. The van der Waals surface area contributed by atoms with Gasteiger partial charge in [-0.05, 0) is 18.2 Å². The van der Waals surface area contributed by atoms with Crippen LogP contribution in [0.1, 0.15) is 18.9 Å². The molecule has 0 N–H and O–H groups in total. The van der Waals surface area contributed by atoms with Crippen molar-refractivity contribution in [2.24, 2.45) is 0 Å². The van der Waals surface area contributed by atoms with Crippen LogP contribution in [0.2, 0.25) is 12.6 Å². The Bertz CT molecular complexity index is 246. The zero-order valence-electron chi connectivity index (χ0n) is 10.1. The van der Waals surface area contributed by atoms with Gasteiger partial charge in [-0.2, -0.15) is 0 Å². The minimum absolute atomic E-state index is 0.681. The molecule has 0 amide bonds. The third-order valence-corrected chi connectivity index (χ3v) is 4.33. The number of benzene rings is 1. The van der Waals surface area contributed by atoms with Gasteiger partial charge < -0.3 is 4.43 Å². The molecule has 0 spiro atoms. The summed E-state index contributed by atoms with van der Waals surface area (Å²) in [6.07, 6.45) is 3.11. The Morgan fingerprint density at radius 3 is 2.20 bits per heavy atom. The summed E-state index contributed by atoms with van der Waals surface area (Å²) in [4.78, 5) is 0. The van der Waals surface area contributed by atoms with Crippen LogP contribution in [0.3, 0.4) is 0 Å². The zero-order chi connectivity index (χ0) is 11.5. The summed E-state index contributed by atoms with van der Waals surface area (Å²) >= 11 is 0. The van der Waals surface area contributed by atoms with Crippen LogP contribution < -0.4 is 0 Å². The largest absolute Gasteiger partial charge is 0.423 e. The average molecular weight is 222 g/mol. The minimum Gasteiger partial charge on any atom is -0.423 e. The molecule has 2 heteroatoms. The topological polar surface area (TPSA) is 9.23 Å². The molecule has 84 valence electrons. The Labute approximate surface area is 95.5 Å². The van der Waals surface area contributed by atoms with E-state index in [0.717, 1.165) is 0 Å². The molecule has 1 aromatic rings. The van der Waals surface area contributed by atoms with E-state index < -0.39 is 9.04 Å². The fourth-order valence-electron chi connectivity index (χ4n) is 1.11. The molecule has 1 nitrogen and oxygen atoms in total. The first-order chi connectivity index (χ1) is 7.24. The van der Waals surface area contributed by atoms with Gasteiger partial charge in [-0.3, -0.25) is 0 Å². The first kappa shape index (κ1) is 14.1. The second-order valence-electron chi connectivity index (χ2n) is 3.45. The molecule has 0 aliphatic rings. The smallest absolute Gasteiger partial charge is 0.173 e. The van der Waals surface area contributed by atoms with E-state index >= 15 is 0 Å². The predicted molar refractivity (Wildman–Crippen MR) is 71.7 cm³/mol. The van der Waals surface area contributed by atoms with Crippen LogP contribution in [-0.2, 0) is 4.43 Å². The van der Waals surface area contributed by atoms with E-state index in [9.17, 15) is 0 Å². The molecule has 0 aliphatic heterocycles. The fraction of sp³-hybridized carbons (Fsp3) is 0.385. The maximum Gasteiger partial charge on any atom is 0.173 e. The van der Waals surface area contributed by atoms with Crippen molar-refractivity contribution >= 4 is 15.1 Å². The van der Waals surface area contributed by atoms with E-state index in [4.69, 9.17) is 4.43 Å². The number of rotatable bonds is 4. The highest BCUT2D eigenvalue weighted by Gasteiger charge is 1.96. The summed E-state index contributed by atoms with van der Waals surface area (Å²) in [6, 6.07) is 11.3. The van der Waals surface area contributed by atoms with Crippen LogP contribution in [0.15, 0.2) is 36.9 Å². The van der Waals surface area contributed by atoms with E-state index in [1.54, 1.807) is 0 Å². The molecule has 0 saturated carbocycles. The Hall–Kier alpha value is -0.863. The lowest BCUT2D eigenvalue weighted by molar-refractivity contribution is 0.423. The third kappa shape index (κ3) is 8.15. The molecule has 15 heavy (non-hydrogen) atoms. The lowest BCUT2D eigenvalue weighted by atomic mass is 10.2. The van der Waals surface area contributed by atoms with Crippen LogP contribution in [0.5, 0.6) is 0 Å². The molecule has 0 saturated heterocycles. The lowest BCUT2D eigenvalue weighted by Crippen LogP contribution is -2.07. The quantitative estimate of drug-likeness (QED) is 0.705. The van der Waals surface area contributed by atoms with E-state index in [1.165, 1.54) is 18.0 Å². The van der Waals surface area contributed by atoms with Crippen molar-refractivity contribution in [1.29, 1.82) is 0 Å². The van der Waals surface area contributed by atoms with E-state index in [-0.39, 0.29) is 0 Å². The Kier molecular flexibility index (Phi) is 9.13. The summed E-state index contributed by atoms with van der Waals surface area (Å²) in [7, 11) is 1.13. The highest BCUT2D eigenvalue weighted by molar-refractivity contribution is 6.50. The van der Waals surface area contributed by atoms with Gasteiger partial charge in [-0.1, -0.05) is 56.3 Å². The third-order valence-electron chi connectivity index (χ3n) is 2.13. The maximum atomic E-state index is 5.13. The molecular formula is C13H22OSi. The minimum atomic E-state index is -0.681. The van der Waals surface area contributed by atoms with Gasteiger partial charge in [0, 0.05) is 7.11 Å². The van der Waals surface area contributed by atoms with Crippen molar-refractivity contribution in [1.82, 2.24) is 0 Å². The predicted octanol–water partition coefficient (Wildman–Crippen LogP) is 3.73. The maximum absolute atomic E-state index is 5.13. The lowest BCUT2D eigenvalue weighted by Gasteiger charge is -2.02. The molecule has 0 bridgehead atoms. The summed E-state index contributed by atoms with van der Waals surface area (Å²) in [5.74, 6) is 0. The van der Waals surface area contributed by atoms with Crippen molar-refractivity contribution < 1.29 is 4.43 Å². The Morgan fingerprint density at radius 2 is 1.93 bits per heavy atom. The highest BCUT2D eigenvalue weighted by Crippen LogP contribution is 1.97. The molecule has 1 rings (SSSR count). The van der Waals surface area contributed by atoms with E-state index in [2.05, 4.69) is 20.0 Å². The Balaban J connectivity index is 0.000000265. The van der Waals surface area contributed by atoms with Crippen molar-refractivity contribution in [3.05, 3.63) is 42.5 Å². The van der Waals surface area contributed by atoms with Crippen molar-refractivity contribution in [3.8, 4) is 0 Å². The van der Waals surface area contributed by atoms with E-state index in [1.807, 2.05) is 43.5 Å². The van der Waals surface area contributed by atoms with Crippen LogP contribution in [0, 0.1) is 0 Å². The second-order valence-corrected chi connectivity index (χ2v) is 6.12. The van der Waals surface area contributed by atoms with Crippen LogP contribution in [-0.4, -0.2) is 16.2 Å². The standard InChI is InChI=1S/C8H8.C5H14OSi/c1-2-8-6-4-3-5-7-8;1-4-5-7(3)6-2/h2-7H,1H2;7H,4-5H2,1-3H3. The summed E-state index contributed by atoms with van der Waals surface area (Å²) in [6.45, 7) is 8.05. The zero-order valence-corrected chi connectivity index (χ0v) is 11.2. The molecule has 0 fully saturated rings. The summed E-state index contributed by atoms with van der Waals surface area (Å²) in [5.41, 5.74) is 1.17. The average Bonchev–Trinajstić information content (AvgIpc) is 2.31. The highest BCUT2D eigenvalue weighted by atomic mass is 28.3. The van der Waals surface area contributed by atoms with Gasteiger partial charge in [0.05, 0.1) is 0 Å². The van der Waals surface area contributed by atoms with Crippen molar-refractivity contribution in [2.75, 3.05) is 7.11 Å². The summed E-state index contributed by atoms with van der Waals surface area (Å²) in [5, 5.41) is 0. The van der Waals surface area contributed by atoms with Crippen LogP contribution >= 0.6 is 0 Å². The Morgan fingerprint density at radius 1 is 1.33 bits per heavy atom. The molecule has 1 unspecified atom stereocenters. The van der Waals surface area contributed by atoms with Gasteiger partial charge in [0.2, 0.25) is 0 Å². The SMILES string of the molecule is C=Cc1ccccc1.CCC[SiH](C)OC. The first-order valence-corrected chi connectivity index (χ1v) is 7.89. The molecule has 1 atom stereocenters. The van der Waals surface area contributed by atoms with Gasteiger partial charge in [0.1, 0.15) is 0 Å². The number of hydrogen-bond acceptors (Lipinski definition) is 1. The first-order valence-electron chi connectivity index (χ1n) is 5.44. The monoisotopic (exact) mass is 222 g/mol. The van der Waals surface area contributed by atoms with Crippen LogP contribution in [0.25, 0.3) is 6.08 Å². The second kappa shape index (κ2) is 9.68. The van der Waals surface area contributed by atoms with Crippen LogP contribution in [0.4, 0.5) is 0 Å². The molecule has 0 aromatic heterocycles. The molecule has 1 aromatic carbocycles. The van der Waals surface area contributed by atoms with Gasteiger partial charge in [0.15, 0.2) is 9.04 Å². The molecule has 0 radical (unpaired) electrons. The van der Waals surface area contributed by atoms with Gasteiger partial charge in [0.25, 0.3) is 0 Å². The van der Waals surface area contributed by atoms with Gasteiger partial charge in [-0.15, -0.1) is 0 Å². The van der Waals surface area contributed by atoms with Crippen molar-refractivity contribution in [2.45, 2.75) is 25.9 Å². The van der Waals surface area contributed by atoms with Gasteiger partial charge in [-0.25, -0.2) is 0 Å². The van der Waals surface area contributed by atoms with Crippen molar-refractivity contribution in [3.63, 3.8) is 0 Å². The fourth-order valence-corrected chi connectivity index (χ4v) is 2.16. The molecular weight excluding hydrogens is 200 g/mol. The van der Waals surface area contributed by atoms with E-state index in [0.29, 0.717) is 0 Å². The number of hydrogen-bond donors (Lipinski definition) is 0. The summed E-state index contributed by atoms with van der Waals surface area (Å²) < 4.78 is 5.13.